The fourth-order valence-electron chi connectivity index (χ4n) is 5.43. The SMILES string of the molecule is CCC(I)C(=O)OC12CC3CCC(C(COC(=O)C(F)(F)S(=O)(=O)O)C1)C(C3)C2. The van der Waals surface area contributed by atoms with E-state index in [-0.39, 0.29) is 27.6 Å². The summed E-state index contributed by atoms with van der Waals surface area (Å²) in [5.74, 6) is -2.03. The van der Waals surface area contributed by atoms with E-state index in [1.165, 1.54) is 0 Å². The van der Waals surface area contributed by atoms with E-state index in [1.807, 2.05) is 29.5 Å². The molecule has 1 N–H and O–H groups in total. The third kappa shape index (κ3) is 4.56. The van der Waals surface area contributed by atoms with Gasteiger partial charge in [0, 0.05) is 0 Å². The van der Waals surface area contributed by atoms with Gasteiger partial charge in [0.2, 0.25) is 0 Å². The summed E-state index contributed by atoms with van der Waals surface area (Å²) < 4.78 is 67.3. The van der Waals surface area contributed by atoms with Crippen LogP contribution in [0.3, 0.4) is 0 Å². The summed E-state index contributed by atoms with van der Waals surface area (Å²) in [5, 5.41) is -5.01. The van der Waals surface area contributed by atoms with E-state index in [0.717, 1.165) is 25.7 Å². The Kier molecular flexibility index (Phi) is 6.51. The molecule has 11 heteroatoms. The Morgan fingerprint density at radius 3 is 2.59 bits per heavy atom. The quantitative estimate of drug-likeness (QED) is 0.224. The van der Waals surface area contributed by atoms with Crippen LogP contribution in [0.2, 0.25) is 0 Å². The first kappa shape index (κ1) is 23.1. The van der Waals surface area contributed by atoms with Crippen molar-refractivity contribution < 1.29 is 40.8 Å². The Bertz CT molecular complexity index is 770. The molecule has 0 heterocycles. The molecule has 3 aliphatic carbocycles. The van der Waals surface area contributed by atoms with Crippen molar-refractivity contribution in [2.24, 2.45) is 23.7 Å². The van der Waals surface area contributed by atoms with Crippen LogP contribution in [0, 0.1) is 23.7 Å². The Hall–Kier alpha value is -0.560. The lowest BCUT2D eigenvalue weighted by Crippen LogP contribution is -2.55. The third-order valence-corrected chi connectivity index (χ3v) is 8.81. The highest BCUT2D eigenvalue weighted by Crippen LogP contribution is 2.57. The first-order valence-electron chi connectivity index (χ1n) is 9.77. The molecule has 3 rings (SSSR count). The Morgan fingerprint density at radius 2 is 1.97 bits per heavy atom. The number of ether oxygens (including phenoxy) is 2. The molecule has 0 aromatic rings. The molecule has 0 spiro atoms. The van der Waals surface area contributed by atoms with Crippen LogP contribution in [0.1, 0.15) is 51.9 Å². The Morgan fingerprint density at radius 1 is 1.28 bits per heavy atom. The van der Waals surface area contributed by atoms with E-state index in [2.05, 4.69) is 4.74 Å². The van der Waals surface area contributed by atoms with Crippen molar-refractivity contribution in [3.8, 4) is 0 Å². The zero-order valence-corrected chi connectivity index (χ0v) is 19.0. The molecular weight excluding hydrogens is 525 g/mol. The molecule has 3 fully saturated rings. The van der Waals surface area contributed by atoms with Crippen LogP contribution >= 0.6 is 22.6 Å². The highest BCUT2D eigenvalue weighted by Gasteiger charge is 2.57. The number of carbonyl (C=O) groups excluding carboxylic acids is 2. The van der Waals surface area contributed by atoms with Crippen molar-refractivity contribution in [1.82, 2.24) is 0 Å². The minimum Gasteiger partial charge on any atom is -0.460 e. The molecule has 0 aromatic heterocycles. The number of fused-ring (bicyclic) bond motifs is 2. The topological polar surface area (TPSA) is 107 Å². The number of carbonyl (C=O) groups is 2. The summed E-state index contributed by atoms with van der Waals surface area (Å²) in [5.41, 5.74) is -0.692. The summed E-state index contributed by atoms with van der Waals surface area (Å²) in [6.45, 7) is 1.50. The van der Waals surface area contributed by atoms with Gasteiger partial charge in [0.05, 0.1) is 6.61 Å². The normalized spacial score (nSPS) is 35.1. The van der Waals surface area contributed by atoms with Crippen LogP contribution in [-0.2, 0) is 29.2 Å². The lowest BCUT2D eigenvalue weighted by Gasteiger charge is -2.56. The smallest absolute Gasteiger partial charge is 0.460 e. The molecule has 166 valence electrons. The first-order chi connectivity index (χ1) is 13.4. The van der Waals surface area contributed by atoms with Crippen LogP contribution in [0.25, 0.3) is 0 Å². The second-order valence-electron chi connectivity index (χ2n) is 8.55. The zero-order chi connectivity index (χ0) is 21.6. The van der Waals surface area contributed by atoms with Crippen LogP contribution in [0.5, 0.6) is 0 Å². The van der Waals surface area contributed by atoms with E-state index in [4.69, 9.17) is 9.29 Å². The number of alkyl halides is 3. The maximum Gasteiger partial charge on any atom is 0.465 e. The van der Waals surface area contributed by atoms with Crippen LogP contribution < -0.4 is 0 Å². The van der Waals surface area contributed by atoms with Gasteiger partial charge in [0.25, 0.3) is 0 Å². The van der Waals surface area contributed by atoms with Gasteiger partial charge in [-0.25, -0.2) is 4.79 Å². The summed E-state index contributed by atoms with van der Waals surface area (Å²) in [6.07, 6.45) is 5.24. The summed E-state index contributed by atoms with van der Waals surface area (Å²) in [6, 6.07) is 0. The predicted octanol–water partition coefficient (Wildman–Crippen LogP) is 3.35. The van der Waals surface area contributed by atoms with Gasteiger partial charge >= 0.3 is 27.3 Å². The number of hydrogen-bond donors (Lipinski definition) is 1. The summed E-state index contributed by atoms with van der Waals surface area (Å²) >= 11 is 2.04. The van der Waals surface area contributed by atoms with E-state index in [9.17, 15) is 26.8 Å². The second kappa shape index (κ2) is 8.18. The average molecular weight is 550 g/mol. The standard InChI is InChI=1S/C18H25F2IO7S/c1-2-14(21)15(22)28-17-6-10-3-4-13(11(5-10)7-17)12(8-17)9-27-16(23)18(19,20)29(24,25)26/h10-14H,2-9H2,1H3,(H,24,25,26). The fourth-order valence-corrected chi connectivity index (χ4v) is 5.83. The highest BCUT2D eigenvalue weighted by atomic mass is 127. The van der Waals surface area contributed by atoms with Gasteiger partial charge < -0.3 is 9.47 Å². The van der Waals surface area contributed by atoms with Crippen molar-refractivity contribution in [2.45, 2.75) is 66.6 Å². The summed E-state index contributed by atoms with van der Waals surface area (Å²) in [7, 11) is -5.90. The van der Waals surface area contributed by atoms with E-state index >= 15 is 0 Å². The lowest BCUT2D eigenvalue weighted by atomic mass is 9.52. The monoisotopic (exact) mass is 550 g/mol. The number of esters is 2. The predicted molar refractivity (Wildman–Crippen MR) is 106 cm³/mol. The lowest BCUT2D eigenvalue weighted by molar-refractivity contribution is -0.193. The molecule has 3 saturated carbocycles. The van der Waals surface area contributed by atoms with Crippen molar-refractivity contribution in [3.63, 3.8) is 0 Å². The molecule has 0 aliphatic heterocycles. The molecular formula is C18H25F2IO7S. The molecule has 29 heavy (non-hydrogen) atoms. The van der Waals surface area contributed by atoms with Crippen LogP contribution in [-0.4, -0.2) is 46.3 Å². The summed E-state index contributed by atoms with van der Waals surface area (Å²) in [4.78, 5) is 24.0. The number of halogens is 3. The molecule has 0 saturated heterocycles. The molecule has 0 radical (unpaired) electrons. The average Bonchev–Trinajstić information content (AvgIpc) is 2.62. The van der Waals surface area contributed by atoms with Crippen molar-refractivity contribution >= 4 is 44.6 Å². The van der Waals surface area contributed by atoms with Gasteiger partial charge in [-0.2, -0.15) is 17.2 Å². The maximum atomic E-state index is 13.5. The van der Waals surface area contributed by atoms with Gasteiger partial charge in [-0.3, -0.25) is 9.35 Å². The molecule has 0 amide bonds. The Balaban J connectivity index is 1.74. The number of rotatable bonds is 7. The molecule has 3 bridgehead atoms. The Labute approximate surface area is 182 Å². The van der Waals surface area contributed by atoms with Gasteiger partial charge in [-0.1, -0.05) is 35.9 Å². The minimum atomic E-state index is -5.90. The second-order valence-corrected chi connectivity index (χ2v) is 11.5. The van der Waals surface area contributed by atoms with E-state index in [1.54, 1.807) is 0 Å². The fraction of sp³-hybridized carbons (Fsp3) is 0.889. The van der Waals surface area contributed by atoms with Gasteiger partial charge in [0.15, 0.2) is 0 Å². The molecule has 6 unspecified atom stereocenters. The molecule has 6 atom stereocenters. The van der Waals surface area contributed by atoms with Crippen molar-refractivity contribution in [2.75, 3.05) is 6.61 Å². The van der Waals surface area contributed by atoms with Gasteiger partial charge in [0.1, 0.15) is 9.53 Å². The molecule has 3 aliphatic rings. The molecule has 7 nitrogen and oxygen atoms in total. The van der Waals surface area contributed by atoms with Crippen LogP contribution in [0.4, 0.5) is 8.78 Å². The van der Waals surface area contributed by atoms with Gasteiger partial charge in [-0.05, 0) is 62.2 Å². The van der Waals surface area contributed by atoms with E-state index < -0.39 is 33.5 Å². The minimum absolute atomic E-state index is 0.145. The van der Waals surface area contributed by atoms with Crippen LogP contribution in [0.15, 0.2) is 0 Å². The van der Waals surface area contributed by atoms with Gasteiger partial charge in [-0.15, -0.1) is 0 Å². The highest BCUT2D eigenvalue weighted by molar-refractivity contribution is 14.1. The molecule has 0 aromatic carbocycles. The van der Waals surface area contributed by atoms with E-state index in [0.29, 0.717) is 25.2 Å². The van der Waals surface area contributed by atoms with Crippen molar-refractivity contribution in [1.29, 1.82) is 0 Å². The zero-order valence-electron chi connectivity index (χ0n) is 16.0. The van der Waals surface area contributed by atoms with Crippen molar-refractivity contribution in [3.05, 3.63) is 0 Å². The third-order valence-electron chi connectivity index (χ3n) is 6.61. The maximum absolute atomic E-state index is 13.5. The number of hydrogen-bond acceptors (Lipinski definition) is 6. The first-order valence-corrected chi connectivity index (χ1v) is 12.5. The largest absolute Gasteiger partial charge is 0.465 e.